The molecule has 1 saturated heterocycles. The third kappa shape index (κ3) is 3.70. The number of rotatable bonds is 4. The summed E-state index contributed by atoms with van der Waals surface area (Å²) >= 11 is 0. The van der Waals surface area contributed by atoms with Crippen molar-refractivity contribution >= 4 is 11.8 Å². The van der Waals surface area contributed by atoms with Gasteiger partial charge in [0.25, 0.3) is 0 Å². The molecule has 0 radical (unpaired) electrons. The van der Waals surface area contributed by atoms with E-state index < -0.39 is 6.04 Å². The molecule has 0 spiro atoms. The Labute approximate surface area is 109 Å². The Morgan fingerprint density at radius 2 is 2.00 bits per heavy atom. The van der Waals surface area contributed by atoms with Gasteiger partial charge in [-0.25, -0.2) is 0 Å². The number of amides is 2. The quantitative estimate of drug-likeness (QED) is 0.792. The summed E-state index contributed by atoms with van der Waals surface area (Å²) < 4.78 is 0. The van der Waals surface area contributed by atoms with Gasteiger partial charge in [0, 0.05) is 32.6 Å². The van der Waals surface area contributed by atoms with Crippen molar-refractivity contribution in [1.82, 2.24) is 9.80 Å². The first-order valence-electron chi connectivity index (χ1n) is 6.64. The number of carbonyl (C=O) groups excluding carboxylic acids is 2. The molecule has 1 fully saturated rings. The molecule has 0 bridgehead atoms. The Balaban J connectivity index is 2.52. The molecule has 2 N–H and O–H groups in total. The van der Waals surface area contributed by atoms with E-state index in [-0.39, 0.29) is 17.9 Å². The molecule has 2 amide bonds. The first-order valence-corrected chi connectivity index (χ1v) is 6.64. The Bertz CT molecular complexity index is 315. The van der Waals surface area contributed by atoms with Gasteiger partial charge in [0.15, 0.2) is 0 Å². The number of likely N-dealkylation sites (tertiary alicyclic amines) is 1. The van der Waals surface area contributed by atoms with Gasteiger partial charge in [-0.1, -0.05) is 0 Å². The Kier molecular flexibility index (Phi) is 5.14. The van der Waals surface area contributed by atoms with Crippen LogP contribution in [0.15, 0.2) is 0 Å². The summed E-state index contributed by atoms with van der Waals surface area (Å²) in [7, 11) is 0. The van der Waals surface area contributed by atoms with Crippen LogP contribution >= 0.6 is 0 Å². The van der Waals surface area contributed by atoms with Crippen LogP contribution in [0.4, 0.5) is 0 Å². The maximum Gasteiger partial charge on any atom is 0.239 e. The van der Waals surface area contributed by atoms with E-state index in [2.05, 4.69) is 0 Å². The second-order valence-corrected chi connectivity index (χ2v) is 5.49. The lowest BCUT2D eigenvalue weighted by atomic mass is 10.1. The SMILES string of the molecule is CC(=O)N(CC1CCN(C(=O)C(C)N)C1)C(C)C. The number of carbonyl (C=O) groups is 2. The molecule has 0 aromatic rings. The van der Waals surface area contributed by atoms with Gasteiger partial charge < -0.3 is 15.5 Å². The van der Waals surface area contributed by atoms with Gasteiger partial charge in [-0.15, -0.1) is 0 Å². The normalized spacial score (nSPS) is 21.2. The molecule has 1 rings (SSSR count). The van der Waals surface area contributed by atoms with Crippen LogP contribution in [-0.4, -0.2) is 53.3 Å². The van der Waals surface area contributed by atoms with E-state index in [1.165, 1.54) is 0 Å². The summed E-state index contributed by atoms with van der Waals surface area (Å²) in [4.78, 5) is 27.0. The van der Waals surface area contributed by atoms with Crippen molar-refractivity contribution in [3.8, 4) is 0 Å². The second-order valence-electron chi connectivity index (χ2n) is 5.49. The largest absolute Gasteiger partial charge is 0.341 e. The summed E-state index contributed by atoms with van der Waals surface area (Å²) in [6, 6.07) is -0.224. The topological polar surface area (TPSA) is 66.6 Å². The Morgan fingerprint density at radius 3 is 2.44 bits per heavy atom. The molecule has 2 unspecified atom stereocenters. The second kappa shape index (κ2) is 6.18. The van der Waals surface area contributed by atoms with E-state index in [0.717, 1.165) is 26.1 Å². The zero-order valence-corrected chi connectivity index (χ0v) is 11.8. The number of nitrogens with zero attached hydrogens (tertiary/aromatic N) is 2. The van der Waals surface area contributed by atoms with Crippen LogP contribution in [0, 0.1) is 5.92 Å². The summed E-state index contributed by atoms with van der Waals surface area (Å²) in [5.41, 5.74) is 5.60. The molecule has 0 saturated carbocycles. The van der Waals surface area contributed by atoms with Crippen LogP contribution in [-0.2, 0) is 9.59 Å². The lowest BCUT2D eigenvalue weighted by Crippen LogP contribution is -2.42. The molecule has 1 aliphatic heterocycles. The summed E-state index contributed by atoms with van der Waals surface area (Å²) in [5, 5.41) is 0. The monoisotopic (exact) mass is 255 g/mol. The predicted molar refractivity (Wildman–Crippen MR) is 70.9 cm³/mol. The highest BCUT2D eigenvalue weighted by molar-refractivity contribution is 5.81. The predicted octanol–water partition coefficient (Wildman–Crippen LogP) is 0.439. The van der Waals surface area contributed by atoms with Gasteiger partial charge in [-0.2, -0.15) is 0 Å². The zero-order valence-electron chi connectivity index (χ0n) is 11.8. The fourth-order valence-corrected chi connectivity index (χ4v) is 2.45. The molecular formula is C13H25N3O2. The van der Waals surface area contributed by atoms with Crippen molar-refractivity contribution in [3.63, 3.8) is 0 Å². The summed E-state index contributed by atoms with van der Waals surface area (Å²) in [6.07, 6.45) is 0.953. The van der Waals surface area contributed by atoms with E-state index in [4.69, 9.17) is 5.73 Å². The minimum Gasteiger partial charge on any atom is -0.341 e. The third-order valence-electron chi connectivity index (χ3n) is 3.47. The van der Waals surface area contributed by atoms with Crippen LogP contribution < -0.4 is 5.73 Å². The standard InChI is InChI=1S/C13H25N3O2/c1-9(2)16(11(4)17)8-12-5-6-15(7-12)13(18)10(3)14/h9-10,12H,5-8,14H2,1-4H3. The molecular weight excluding hydrogens is 230 g/mol. The first kappa shape index (κ1) is 15.0. The molecule has 18 heavy (non-hydrogen) atoms. The van der Waals surface area contributed by atoms with Crippen molar-refractivity contribution < 1.29 is 9.59 Å². The minimum atomic E-state index is -0.433. The maximum absolute atomic E-state index is 11.8. The Morgan fingerprint density at radius 1 is 1.39 bits per heavy atom. The average molecular weight is 255 g/mol. The van der Waals surface area contributed by atoms with Crippen LogP contribution in [0.5, 0.6) is 0 Å². The lowest BCUT2D eigenvalue weighted by Gasteiger charge is -2.28. The molecule has 0 aromatic carbocycles. The zero-order chi connectivity index (χ0) is 13.9. The van der Waals surface area contributed by atoms with E-state index >= 15 is 0 Å². The van der Waals surface area contributed by atoms with E-state index in [1.807, 2.05) is 23.6 Å². The summed E-state index contributed by atoms with van der Waals surface area (Å²) in [6.45, 7) is 9.55. The van der Waals surface area contributed by atoms with Gasteiger partial charge in [0.05, 0.1) is 6.04 Å². The Hall–Kier alpha value is -1.10. The van der Waals surface area contributed by atoms with E-state index in [9.17, 15) is 9.59 Å². The van der Waals surface area contributed by atoms with Crippen molar-refractivity contribution in [2.75, 3.05) is 19.6 Å². The van der Waals surface area contributed by atoms with Crippen LogP contribution in [0.1, 0.15) is 34.1 Å². The number of hydrogen-bond donors (Lipinski definition) is 1. The van der Waals surface area contributed by atoms with Crippen molar-refractivity contribution in [2.45, 2.75) is 46.2 Å². The van der Waals surface area contributed by atoms with Gasteiger partial charge in [-0.3, -0.25) is 9.59 Å². The number of nitrogens with two attached hydrogens (primary N) is 1. The van der Waals surface area contributed by atoms with E-state index in [0.29, 0.717) is 5.92 Å². The highest BCUT2D eigenvalue weighted by Crippen LogP contribution is 2.19. The molecule has 1 heterocycles. The van der Waals surface area contributed by atoms with Gasteiger partial charge in [-0.05, 0) is 33.1 Å². The highest BCUT2D eigenvalue weighted by Gasteiger charge is 2.29. The molecule has 1 aliphatic rings. The minimum absolute atomic E-state index is 0.0106. The van der Waals surface area contributed by atoms with Gasteiger partial charge in [0.2, 0.25) is 11.8 Å². The maximum atomic E-state index is 11.8. The van der Waals surface area contributed by atoms with Gasteiger partial charge >= 0.3 is 0 Å². The lowest BCUT2D eigenvalue weighted by molar-refractivity contribution is -0.131. The average Bonchev–Trinajstić information content (AvgIpc) is 2.72. The molecule has 104 valence electrons. The third-order valence-corrected chi connectivity index (χ3v) is 3.47. The smallest absolute Gasteiger partial charge is 0.239 e. The highest BCUT2D eigenvalue weighted by atomic mass is 16.2. The van der Waals surface area contributed by atoms with Crippen molar-refractivity contribution in [1.29, 1.82) is 0 Å². The fourth-order valence-electron chi connectivity index (χ4n) is 2.45. The fraction of sp³-hybridized carbons (Fsp3) is 0.846. The van der Waals surface area contributed by atoms with Crippen LogP contribution in [0.25, 0.3) is 0 Å². The molecule has 2 atom stereocenters. The summed E-state index contributed by atoms with van der Waals surface area (Å²) in [5.74, 6) is 0.484. The molecule has 5 heteroatoms. The molecule has 0 aromatic heterocycles. The van der Waals surface area contributed by atoms with Crippen LogP contribution in [0.3, 0.4) is 0 Å². The first-order chi connectivity index (χ1) is 8.32. The molecule has 5 nitrogen and oxygen atoms in total. The van der Waals surface area contributed by atoms with Gasteiger partial charge in [0.1, 0.15) is 0 Å². The van der Waals surface area contributed by atoms with Crippen LogP contribution in [0.2, 0.25) is 0 Å². The van der Waals surface area contributed by atoms with E-state index in [1.54, 1.807) is 13.8 Å². The van der Waals surface area contributed by atoms with Crippen molar-refractivity contribution in [2.24, 2.45) is 11.7 Å². The van der Waals surface area contributed by atoms with Crippen molar-refractivity contribution in [3.05, 3.63) is 0 Å². The molecule has 0 aliphatic carbocycles. The number of hydrogen-bond acceptors (Lipinski definition) is 3.